The predicted octanol–water partition coefficient (Wildman–Crippen LogP) is 1.36. The standard InChI is InChI=1S/C6H5N3.C3H8O.H2O2/c1-2-4-6-5(3-1)7-9-8-6;1-3(2)4;1-2/h1-4H,(H,7,8,9);3-4H,1-2H3;1-2H. The van der Waals surface area contributed by atoms with E-state index in [1.165, 1.54) is 0 Å². The van der Waals surface area contributed by atoms with E-state index in [0.29, 0.717) is 0 Å². The molecule has 0 unspecified atom stereocenters. The molecule has 2 rings (SSSR count). The minimum atomic E-state index is -0.167. The molecule has 1 aromatic heterocycles. The van der Waals surface area contributed by atoms with Gasteiger partial charge in [-0.15, -0.1) is 0 Å². The van der Waals surface area contributed by atoms with Crippen LogP contribution in [0.15, 0.2) is 24.3 Å². The summed E-state index contributed by atoms with van der Waals surface area (Å²) < 4.78 is 0. The first kappa shape index (κ1) is 13.5. The molecule has 0 aliphatic heterocycles. The number of hydrogen-bond acceptors (Lipinski definition) is 5. The third kappa shape index (κ3) is 5.74. The number of nitrogens with zero attached hydrogens (tertiary/aromatic N) is 2. The number of H-pyrrole nitrogens is 1. The topological polar surface area (TPSA) is 102 Å². The van der Waals surface area contributed by atoms with Crippen LogP contribution in [-0.2, 0) is 0 Å². The number of hydrogen-bond donors (Lipinski definition) is 4. The summed E-state index contributed by atoms with van der Waals surface area (Å²) in [6, 6.07) is 7.70. The van der Waals surface area contributed by atoms with Crippen molar-refractivity contribution in [3.8, 4) is 0 Å². The molecule has 0 aliphatic rings. The Hall–Kier alpha value is -1.50. The smallest absolute Gasteiger partial charge is 0.112 e. The third-order valence-electron chi connectivity index (χ3n) is 1.22. The van der Waals surface area contributed by atoms with Gasteiger partial charge in [0.15, 0.2) is 0 Å². The van der Waals surface area contributed by atoms with Gasteiger partial charge in [0.2, 0.25) is 0 Å². The molecule has 0 saturated carbocycles. The van der Waals surface area contributed by atoms with Crippen LogP contribution in [0.4, 0.5) is 0 Å². The van der Waals surface area contributed by atoms with Crippen molar-refractivity contribution in [3.05, 3.63) is 24.3 Å². The molecule has 0 saturated heterocycles. The first-order valence-corrected chi connectivity index (χ1v) is 4.33. The van der Waals surface area contributed by atoms with E-state index in [1.807, 2.05) is 24.3 Å². The molecule has 1 heterocycles. The van der Waals surface area contributed by atoms with Crippen molar-refractivity contribution >= 4 is 11.0 Å². The number of para-hydroxylation sites is 2. The van der Waals surface area contributed by atoms with Gasteiger partial charge in [0.1, 0.15) is 11.0 Å². The lowest BCUT2D eigenvalue weighted by atomic mass is 10.3. The second-order valence-electron chi connectivity index (χ2n) is 2.91. The molecule has 6 heteroatoms. The molecule has 84 valence electrons. The van der Waals surface area contributed by atoms with Gasteiger partial charge in [0, 0.05) is 6.10 Å². The number of aromatic amines is 1. The maximum absolute atomic E-state index is 8.06. The number of nitrogens with one attached hydrogen (secondary N) is 1. The summed E-state index contributed by atoms with van der Waals surface area (Å²) >= 11 is 0. The first-order valence-electron chi connectivity index (χ1n) is 4.33. The Labute approximate surface area is 87.1 Å². The van der Waals surface area contributed by atoms with E-state index in [0.717, 1.165) is 11.0 Å². The number of aliphatic hydroxyl groups is 1. The molecule has 1 aromatic carbocycles. The van der Waals surface area contributed by atoms with Crippen molar-refractivity contribution in [2.75, 3.05) is 0 Å². The molecular weight excluding hydrogens is 198 g/mol. The highest BCUT2D eigenvalue weighted by molar-refractivity contribution is 5.72. The van der Waals surface area contributed by atoms with Crippen molar-refractivity contribution in [3.63, 3.8) is 0 Å². The van der Waals surface area contributed by atoms with Crippen LogP contribution < -0.4 is 0 Å². The molecule has 0 bridgehead atoms. The van der Waals surface area contributed by atoms with Crippen LogP contribution in [0.1, 0.15) is 13.8 Å². The second kappa shape index (κ2) is 7.86. The SMILES string of the molecule is CC(C)O.OO.c1ccc2n[nH]nc2c1. The van der Waals surface area contributed by atoms with Crippen molar-refractivity contribution < 1.29 is 15.6 Å². The lowest BCUT2D eigenvalue weighted by Gasteiger charge is -1.80. The van der Waals surface area contributed by atoms with Gasteiger partial charge in [-0.25, -0.2) is 0 Å². The number of aromatic nitrogens is 3. The lowest BCUT2D eigenvalue weighted by Crippen LogP contribution is -1.85. The van der Waals surface area contributed by atoms with E-state index >= 15 is 0 Å². The zero-order valence-electron chi connectivity index (χ0n) is 8.62. The van der Waals surface area contributed by atoms with Gasteiger partial charge in [0.25, 0.3) is 0 Å². The number of benzene rings is 1. The Kier molecular flexibility index (Phi) is 7.08. The largest absolute Gasteiger partial charge is 0.394 e. The van der Waals surface area contributed by atoms with E-state index < -0.39 is 0 Å². The molecule has 0 atom stereocenters. The van der Waals surface area contributed by atoms with Gasteiger partial charge in [-0.05, 0) is 26.0 Å². The summed E-state index contributed by atoms with van der Waals surface area (Å²) in [5.74, 6) is 0. The molecule has 0 fully saturated rings. The van der Waals surface area contributed by atoms with Gasteiger partial charge >= 0.3 is 0 Å². The minimum absolute atomic E-state index is 0.167. The fourth-order valence-corrected chi connectivity index (χ4v) is 0.786. The summed E-state index contributed by atoms with van der Waals surface area (Å²) in [5, 5.41) is 30.4. The van der Waals surface area contributed by atoms with Crippen LogP contribution in [-0.4, -0.2) is 37.1 Å². The van der Waals surface area contributed by atoms with Crippen molar-refractivity contribution in [1.82, 2.24) is 15.4 Å². The summed E-state index contributed by atoms with van der Waals surface area (Å²) in [7, 11) is 0. The molecule has 15 heavy (non-hydrogen) atoms. The summed E-state index contributed by atoms with van der Waals surface area (Å²) in [6.07, 6.45) is -0.167. The van der Waals surface area contributed by atoms with E-state index in [1.54, 1.807) is 13.8 Å². The zero-order valence-corrected chi connectivity index (χ0v) is 8.62. The maximum atomic E-state index is 8.06. The van der Waals surface area contributed by atoms with Crippen LogP contribution in [0.5, 0.6) is 0 Å². The normalized spacial score (nSPS) is 8.93. The average Bonchev–Trinajstić information content (AvgIpc) is 2.67. The predicted molar refractivity (Wildman–Crippen MR) is 56.5 cm³/mol. The average molecular weight is 213 g/mol. The van der Waals surface area contributed by atoms with Crippen molar-refractivity contribution in [2.24, 2.45) is 0 Å². The maximum Gasteiger partial charge on any atom is 0.112 e. The molecule has 0 aliphatic carbocycles. The summed E-state index contributed by atoms with van der Waals surface area (Å²) in [4.78, 5) is 0. The van der Waals surface area contributed by atoms with Crippen LogP contribution in [0, 0.1) is 0 Å². The first-order chi connectivity index (χ1) is 7.20. The quantitative estimate of drug-likeness (QED) is 0.391. The van der Waals surface area contributed by atoms with Crippen LogP contribution in [0.3, 0.4) is 0 Å². The zero-order chi connectivity index (χ0) is 11.7. The third-order valence-corrected chi connectivity index (χ3v) is 1.22. The van der Waals surface area contributed by atoms with Crippen LogP contribution in [0.2, 0.25) is 0 Å². The van der Waals surface area contributed by atoms with E-state index in [9.17, 15) is 0 Å². The fraction of sp³-hybridized carbons (Fsp3) is 0.333. The van der Waals surface area contributed by atoms with Crippen LogP contribution in [0.25, 0.3) is 11.0 Å². The Bertz CT molecular complexity index is 329. The molecule has 0 amide bonds. The van der Waals surface area contributed by atoms with E-state index in [4.69, 9.17) is 15.6 Å². The molecular formula is C9H15N3O3. The highest BCUT2D eigenvalue weighted by Gasteiger charge is 1.90. The minimum Gasteiger partial charge on any atom is -0.394 e. The lowest BCUT2D eigenvalue weighted by molar-refractivity contribution is -0.176. The van der Waals surface area contributed by atoms with Gasteiger partial charge in [-0.3, -0.25) is 10.5 Å². The Balaban J connectivity index is 0.000000282. The fourth-order valence-electron chi connectivity index (χ4n) is 0.786. The Morgan fingerprint density at radius 3 is 1.73 bits per heavy atom. The summed E-state index contributed by atoms with van der Waals surface area (Å²) in [5.41, 5.74) is 1.83. The van der Waals surface area contributed by atoms with Gasteiger partial charge in [0.05, 0.1) is 0 Å². The monoisotopic (exact) mass is 213 g/mol. The highest BCUT2D eigenvalue weighted by atomic mass is 17.0. The van der Waals surface area contributed by atoms with E-state index in [-0.39, 0.29) is 6.10 Å². The molecule has 4 N–H and O–H groups in total. The summed E-state index contributed by atoms with van der Waals surface area (Å²) in [6.45, 7) is 3.44. The van der Waals surface area contributed by atoms with Gasteiger partial charge < -0.3 is 5.11 Å². The number of rotatable bonds is 0. The molecule has 6 nitrogen and oxygen atoms in total. The number of fused-ring (bicyclic) bond motifs is 1. The van der Waals surface area contributed by atoms with Gasteiger partial charge in [-0.1, -0.05) is 12.1 Å². The van der Waals surface area contributed by atoms with Crippen LogP contribution >= 0.6 is 0 Å². The highest BCUT2D eigenvalue weighted by Crippen LogP contribution is 2.03. The Morgan fingerprint density at radius 2 is 1.40 bits per heavy atom. The Morgan fingerprint density at radius 1 is 1.07 bits per heavy atom. The molecule has 2 aromatic rings. The second-order valence-corrected chi connectivity index (χ2v) is 2.91. The number of aliphatic hydroxyl groups excluding tert-OH is 1. The van der Waals surface area contributed by atoms with Gasteiger partial charge in [-0.2, -0.15) is 15.4 Å². The van der Waals surface area contributed by atoms with Crippen molar-refractivity contribution in [2.45, 2.75) is 20.0 Å². The molecule has 0 spiro atoms. The van der Waals surface area contributed by atoms with E-state index in [2.05, 4.69) is 15.4 Å². The van der Waals surface area contributed by atoms with Crippen molar-refractivity contribution in [1.29, 1.82) is 0 Å². The molecule has 0 radical (unpaired) electrons.